The number of aromatic nitrogens is 1. The molecule has 1 amide bonds. The first kappa shape index (κ1) is 17.2. The fourth-order valence-electron chi connectivity index (χ4n) is 2.34. The quantitative estimate of drug-likeness (QED) is 0.805. The maximum Gasteiger partial charge on any atom is 0.252 e. The molecular weight excluding hydrogens is 364 g/mol. The summed E-state index contributed by atoms with van der Waals surface area (Å²) >= 11 is 5.08. The third-order valence-corrected chi connectivity index (χ3v) is 4.55. The summed E-state index contributed by atoms with van der Waals surface area (Å²) in [5, 5.41) is 13.0. The number of aryl methyl sites for hydroxylation is 1. The van der Waals surface area contributed by atoms with E-state index in [0.717, 1.165) is 26.8 Å². The Labute approximate surface area is 142 Å². The van der Waals surface area contributed by atoms with Crippen molar-refractivity contribution in [3.05, 3.63) is 40.0 Å². The summed E-state index contributed by atoms with van der Waals surface area (Å²) in [6, 6.07) is 7.48. The Hall–Kier alpha value is -1.11. The third kappa shape index (κ3) is 4.21. The first-order chi connectivity index (χ1) is 10.5. The van der Waals surface area contributed by atoms with Crippen molar-refractivity contribution >= 4 is 44.5 Å². The zero-order valence-corrected chi connectivity index (χ0v) is 15.0. The van der Waals surface area contributed by atoms with E-state index in [4.69, 9.17) is 5.11 Å². The number of aliphatic hydroxyl groups excluding tert-OH is 1. The third-order valence-electron chi connectivity index (χ3n) is 3.33. The van der Waals surface area contributed by atoms with Crippen LogP contribution in [-0.4, -0.2) is 40.7 Å². The molecule has 0 aliphatic carbocycles. The first-order valence-corrected chi connectivity index (χ1v) is 9.21. The van der Waals surface area contributed by atoms with Gasteiger partial charge in [0.15, 0.2) is 0 Å². The minimum absolute atomic E-state index is 0.0357. The summed E-state index contributed by atoms with van der Waals surface area (Å²) in [7, 11) is 0. The van der Waals surface area contributed by atoms with Crippen LogP contribution in [0.3, 0.4) is 0 Å². The van der Waals surface area contributed by atoms with Gasteiger partial charge < -0.3 is 10.4 Å². The Morgan fingerprint density at radius 3 is 2.91 bits per heavy atom. The molecule has 0 saturated carbocycles. The molecule has 0 radical (unpaired) electrons. The molecule has 1 atom stereocenters. The standard InChI is InChI=1S/C16H19BrN2O2S/c1-10-7-14(13-4-3-11(17)8-15(13)18-10)16(21)19-12(5-6-20)9-22-2/h3-4,7-8,12,20H,5-6,9H2,1-2H3,(H,19,21)/t12-/m1/s1. The molecule has 6 heteroatoms. The maximum atomic E-state index is 12.6. The zero-order valence-electron chi connectivity index (χ0n) is 12.6. The van der Waals surface area contributed by atoms with E-state index in [9.17, 15) is 4.79 Å². The number of carbonyl (C=O) groups is 1. The minimum atomic E-state index is -0.120. The van der Waals surface area contributed by atoms with Crippen LogP contribution in [0.5, 0.6) is 0 Å². The predicted octanol–water partition coefficient (Wildman–Crippen LogP) is 3.15. The van der Waals surface area contributed by atoms with Crippen LogP contribution in [0.4, 0.5) is 0 Å². The van der Waals surface area contributed by atoms with Gasteiger partial charge >= 0.3 is 0 Å². The van der Waals surface area contributed by atoms with Gasteiger partial charge in [-0.15, -0.1) is 0 Å². The molecular formula is C16H19BrN2O2S. The van der Waals surface area contributed by atoms with Crippen molar-refractivity contribution in [1.29, 1.82) is 0 Å². The van der Waals surface area contributed by atoms with Crippen LogP contribution < -0.4 is 5.32 Å². The Morgan fingerprint density at radius 1 is 1.45 bits per heavy atom. The van der Waals surface area contributed by atoms with Crippen LogP contribution in [0.1, 0.15) is 22.5 Å². The summed E-state index contributed by atoms with van der Waals surface area (Å²) in [6.45, 7) is 1.94. The van der Waals surface area contributed by atoms with Crippen LogP contribution >= 0.6 is 27.7 Å². The largest absolute Gasteiger partial charge is 0.396 e. The predicted molar refractivity (Wildman–Crippen MR) is 95.5 cm³/mol. The molecule has 0 fully saturated rings. The first-order valence-electron chi connectivity index (χ1n) is 7.02. The molecule has 0 aliphatic rings. The molecule has 4 nitrogen and oxygen atoms in total. The number of benzene rings is 1. The summed E-state index contributed by atoms with van der Waals surface area (Å²) in [5.41, 5.74) is 2.22. The highest BCUT2D eigenvalue weighted by molar-refractivity contribution is 9.10. The van der Waals surface area contributed by atoms with Crippen molar-refractivity contribution in [3.8, 4) is 0 Å². The van der Waals surface area contributed by atoms with Crippen molar-refractivity contribution in [1.82, 2.24) is 10.3 Å². The number of pyridine rings is 1. The highest BCUT2D eigenvalue weighted by Gasteiger charge is 2.16. The molecule has 118 valence electrons. The monoisotopic (exact) mass is 382 g/mol. The minimum Gasteiger partial charge on any atom is -0.396 e. The second kappa shape index (κ2) is 7.94. The Kier molecular flexibility index (Phi) is 6.23. The lowest BCUT2D eigenvalue weighted by molar-refractivity contribution is 0.0937. The molecule has 0 unspecified atom stereocenters. The SMILES string of the molecule is CSC[C@@H](CCO)NC(=O)c1cc(C)nc2cc(Br)ccc12. The van der Waals surface area contributed by atoms with Crippen LogP contribution in [0.15, 0.2) is 28.7 Å². The lowest BCUT2D eigenvalue weighted by atomic mass is 10.1. The van der Waals surface area contributed by atoms with Crippen molar-refractivity contribution < 1.29 is 9.90 Å². The van der Waals surface area contributed by atoms with Crippen LogP contribution in [0.25, 0.3) is 10.9 Å². The van der Waals surface area contributed by atoms with E-state index in [0.29, 0.717) is 12.0 Å². The Balaban J connectivity index is 2.34. The average Bonchev–Trinajstić information content (AvgIpc) is 2.46. The van der Waals surface area contributed by atoms with Gasteiger partial charge in [0.25, 0.3) is 5.91 Å². The van der Waals surface area contributed by atoms with Crippen molar-refractivity contribution in [2.45, 2.75) is 19.4 Å². The number of rotatable bonds is 6. The number of nitrogens with one attached hydrogen (secondary N) is 1. The van der Waals surface area contributed by atoms with Gasteiger partial charge in [-0.05, 0) is 37.8 Å². The number of nitrogens with zero attached hydrogens (tertiary/aromatic N) is 1. The number of thioether (sulfide) groups is 1. The molecule has 1 aromatic carbocycles. The Morgan fingerprint density at radius 2 is 2.23 bits per heavy atom. The molecule has 0 aliphatic heterocycles. The number of carbonyl (C=O) groups excluding carboxylic acids is 1. The van der Waals surface area contributed by atoms with Crippen LogP contribution in [0, 0.1) is 6.92 Å². The fraction of sp³-hybridized carbons (Fsp3) is 0.375. The van der Waals surface area contributed by atoms with Gasteiger partial charge in [0, 0.05) is 34.0 Å². The normalized spacial score (nSPS) is 12.4. The number of hydrogen-bond donors (Lipinski definition) is 2. The number of halogens is 1. The number of aliphatic hydroxyl groups is 1. The summed E-state index contributed by atoms with van der Waals surface area (Å²) in [6.07, 6.45) is 2.54. The number of fused-ring (bicyclic) bond motifs is 1. The van der Waals surface area contributed by atoms with Gasteiger partial charge in [-0.3, -0.25) is 9.78 Å². The molecule has 2 rings (SSSR count). The topological polar surface area (TPSA) is 62.2 Å². The zero-order chi connectivity index (χ0) is 16.1. The van der Waals surface area contributed by atoms with Gasteiger partial charge in [0.1, 0.15) is 0 Å². The molecule has 0 bridgehead atoms. The van der Waals surface area contributed by atoms with Gasteiger partial charge in [0.05, 0.1) is 11.1 Å². The summed E-state index contributed by atoms with van der Waals surface area (Å²) in [5.74, 6) is 0.658. The van der Waals surface area contributed by atoms with E-state index < -0.39 is 0 Å². The highest BCUT2D eigenvalue weighted by atomic mass is 79.9. The number of amides is 1. The van der Waals surface area contributed by atoms with E-state index in [2.05, 4.69) is 26.2 Å². The highest BCUT2D eigenvalue weighted by Crippen LogP contribution is 2.22. The smallest absolute Gasteiger partial charge is 0.252 e. The van der Waals surface area contributed by atoms with E-state index in [1.54, 1.807) is 17.8 Å². The van der Waals surface area contributed by atoms with E-state index in [-0.39, 0.29) is 18.6 Å². The van der Waals surface area contributed by atoms with Gasteiger partial charge in [-0.2, -0.15) is 11.8 Å². The second-order valence-corrected chi connectivity index (χ2v) is 6.94. The fourth-order valence-corrected chi connectivity index (χ4v) is 3.34. The molecule has 0 saturated heterocycles. The van der Waals surface area contributed by atoms with Crippen LogP contribution in [0.2, 0.25) is 0 Å². The van der Waals surface area contributed by atoms with Gasteiger partial charge in [-0.1, -0.05) is 22.0 Å². The van der Waals surface area contributed by atoms with Crippen molar-refractivity contribution in [2.24, 2.45) is 0 Å². The van der Waals surface area contributed by atoms with E-state index >= 15 is 0 Å². The molecule has 0 spiro atoms. The average molecular weight is 383 g/mol. The van der Waals surface area contributed by atoms with Crippen molar-refractivity contribution in [3.63, 3.8) is 0 Å². The van der Waals surface area contributed by atoms with E-state index in [1.165, 1.54) is 0 Å². The van der Waals surface area contributed by atoms with Crippen molar-refractivity contribution in [2.75, 3.05) is 18.6 Å². The number of hydrogen-bond acceptors (Lipinski definition) is 4. The summed E-state index contributed by atoms with van der Waals surface area (Å²) in [4.78, 5) is 17.1. The van der Waals surface area contributed by atoms with Crippen LogP contribution in [-0.2, 0) is 0 Å². The lowest BCUT2D eigenvalue weighted by Gasteiger charge is -2.17. The van der Waals surface area contributed by atoms with Gasteiger partial charge in [0.2, 0.25) is 0 Å². The second-order valence-electron chi connectivity index (χ2n) is 5.11. The van der Waals surface area contributed by atoms with E-state index in [1.807, 2.05) is 31.4 Å². The molecule has 1 aromatic heterocycles. The maximum absolute atomic E-state index is 12.6. The summed E-state index contributed by atoms with van der Waals surface area (Å²) < 4.78 is 0.935. The van der Waals surface area contributed by atoms with Gasteiger partial charge in [-0.25, -0.2) is 0 Å². The molecule has 2 N–H and O–H groups in total. The Bertz CT molecular complexity index is 667. The molecule has 1 heterocycles. The molecule has 22 heavy (non-hydrogen) atoms. The molecule has 2 aromatic rings. The lowest BCUT2D eigenvalue weighted by Crippen LogP contribution is -2.37.